The molecule has 0 aliphatic carbocycles. The zero-order chi connectivity index (χ0) is 24.1. The van der Waals surface area contributed by atoms with E-state index in [4.69, 9.17) is 12.2 Å². The van der Waals surface area contributed by atoms with Crippen molar-refractivity contribution in [3.05, 3.63) is 88.7 Å². The highest BCUT2D eigenvalue weighted by Gasteiger charge is 2.16. The molecule has 13 heteroatoms. The van der Waals surface area contributed by atoms with Crippen LogP contribution in [0.25, 0.3) is 5.69 Å². The van der Waals surface area contributed by atoms with Gasteiger partial charge in [-0.1, -0.05) is 34.6 Å². The molecule has 0 atom stereocenters. The molecule has 0 saturated heterocycles. The van der Waals surface area contributed by atoms with Crippen molar-refractivity contribution in [1.82, 2.24) is 25.6 Å². The monoisotopic (exact) mass is 497 g/mol. The van der Waals surface area contributed by atoms with Crippen LogP contribution in [0.5, 0.6) is 0 Å². The number of benzene rings is 3. The fraction of sp³-hybridized carbons (Fsp3) is 0.0476. The molecule has 0 fully saturated rings. The third-order valence-electron chi connectivity index (χ3n) is 4.75. The van der Waals surface area contributed by atoms with E-state index in [0.29, 0.717) is 28.2 Å². The van der Waals surface area contributed by atoms with Crippen molar-refractivity contribution >= 4 is 39.5 Å². The van der Waals surface area contributed by atoms with Crippen LogP contribution in [0.3, 0.4) is 0 Å². The quantitative estimate of drug-likeness (QED) is 0.184. The molecule has 1 heterocycles. The maximum Gasteiger partial charge on any atom is 0.269 e. The van der Waals surface area contributed by atoms with Crippen LogP contribution in [-0.2, 0) is 16.6 Å². The molecule has 0 aliphatic rings. The second-order valence-corrected chi connectivity index (χ2v) is 9.04. The second kappa shape index (κ2) is 9.82. The Morgan fingerprint density at radius 2 is 1.76 bits per heavy atom. The minimum atomic E-state index is -3.89. The van der Waals surface area contributed by atoms with E-state index in [1.54, 1.807) is 60.7 Å². The van der Waals surface area contributed by atoms with Crippen LogP contribution in [0.2, 0.25) is 0 Å². The Morgan fingerprint density at radius 1 is 1.03 bits per heavy atom. The minimum Gasteiger partial charge on any atom is -0.392 e. The van der Waals surface area contributed by atoms with Gasteiger partial charge in [0.25, 0.3) is 15.9 Å². The van der Waals surface area contributed by atoms with Crippen molar-refractivity contribution in [3.8, 4) is 5.69 Å². The molecule has 0 radical (unpaired) electrons. The summed E-state index contributed by atoms with van der Waals surface area (Å²) in [6, 6.07) is 19.1. The van der Waals surface area contributed by atoms with Gasteiger partial charge in [0.05, 0.1) is 22.9 Å². The highest BCUT2D eigenvalue weighted by Crippen LogP contribution is 2.20. The second-order valence-electron chi connectivity index (χ2n) is 6.99. The lowest BCUT2D eigenvalue weighted by Gasteiger charge is -2.12. The molecule has 3 aromatic carbocycles. The van der Waals surface area contributed by atoms with Crippen molar-refractivity contribution in [2.45, 2.75) is 11.5 Å². The Labute approximate surface area is 199 Å². The number of amides is 1. The summed E-state index contributed by atoms with van der Waals surface area (Å²) in [7, 11) is -3.89. The molecular weight excluding hydrogens is 478 g/mol. The Balaban J connectivity index is 1.43. The van der Waals surface area contributed by atoms with Gasteiger partial charge in [0, 0.05) is 11.3 Å². The number of rotatable bonds is 8. The summed E-state index contributed by atoms with van der Waals surface area (Å²) in [5, 5.41) is 19.2. The van der Waals surface area contributed by atoms with E-state index in [1.807, 2.05) is 0 Å². The van der Waals surface area contributed by atoms with E-state index in [-0.39, 0.29) is 16.3 Å². The summed E-state index contributed by atoms with van der Waals surface area (Å²) < 4.78 is 29.7. The predicted octanol–water partition coefficient (Wildman–Crippen LogP) is 2.37. The smallest absolute Gasteiger partial charge is 0.269 e. The van der Waals surface area contributed by atoms with Crippen molar-refractivity contribution in [3.63, 3.8) is 0 Å². The molecule has 11 nitrogen and oxygen atoms in total. The summed E-state index contributed by atoms with van der Waals surface area (Å²) in [6.07, 6.45) is 0. The van der Waals surface area contributed by atoms with Crippen molar-refractivity contribution in [2.24, 2.45) is 0 Å². The van der Waals surface area contributed by atoms with E-state index in [2.05, 4.69) is 31.1 Å². The molecule has 4 rings (SSSR count). The van der Waals surface area contributed by atoms with Gasteiger partial charge in [-0.2, -0.15) is 5.21 Å². The topological polar surface area (TPSA) is 154 Å². The Bertz CT molecular complexity index is 1480. The van der Waals surface area contributed by atoms with Gasteiger partial charge in [-0.25, -0.2) is 13.1 Å². The van der Waals surface area contributed by atoms with Gasteiger partial charge in [0.1, 0.15) is 0 Å². The molecule has 0 spiro atoms. The molecular formula is C21H19N7O4S2. The standard InChI is InChI=1S/C21H19N7O4S2/c29-13-14-4-1-2-7-19(14)20(30)23-22-15-8-10-16(11-9-15)25-34(31,32)18-6-3-5-17(12-18)28-21(33)24-26-27-28/h1-12,22,25,29H,13H2,(H,23,30)(H,24,27,33). The molecule has 0 unspecified atom stereocenters. The molecule has 5 N–H and O–H groups in total. The van der Waals surface area contributed by atoms with Crippen LogP contribution in [0.4, 0.5) is 11.4 Å². The largest absolute Gasteiger partial charge is 0.392 e. The lowest BCUT2D eigenvalue weighted by molar-refractivity contribution is 0.0959. The minimum absolute atomic E-state index is 0.0264. The number of aromatic nitrogens is 4. The van der Waals surface area contributed by atoms with Crippen LogP contribution in [0.15, 0.2) is 77.7 Å². The molecule has 174 valence electrons. The summed E-state index contributed by atoms with van der Waals surface area (Å²) in [4.78, 5) is 12.4. The van der Waals surface area contributed by atoms with Gasteiger partial charge in [-0.3, -0.25) is 20.4 Å². The van der Waals surface area contributed by atoms with E-state index < -0.39 is 15.9 Å². The molecule has 4 aromatic rings. The van der Waals surface area contributed by atoms with E-state index in [9.17, 15) is 18.3 Å². The Morgan fingerprint density at radius 3 is 2.47 bits per heavy atom. The van der Waals surface area contributed by atoms with Crippen LogP contribution in [0, 0.1) is 4.77 Å². The fourth-order valence-electron chi connectivity index (χ4n) is 3.07. The average Bonchev–Trinajstić information content (AvgIpc) is 3.29. The summed E-state index contributed by atoms with van der Waals surface area (Å²) in [6.45, 7) is -0.257. The zero-order valence-corrected chi connectivity index (χ0v) is 19.1. The molecule has 0 bridgehead atoms. The average molecular weight is 498 g/mol. The number of carbonyl (C=O) groups is 1. The van der Waals surface area contributed by atoms with Crippen LogP contribution >= 0.6 is 12.2 Å². The summed E-state index contributed by atoms with van der Waals surface area (Å²) in [5.74, 6) is -0.415. The molecule has 1 amide bonds. The lowest BCUT2D eigenvalue weighted by Crippen LogP contribution is -2.30. The molecule has 0 aliphatic heterocycles. The highest BCUT2D eigenvalue weighted by atomic mass is 32.2. The van der Waals surface area contributed by atoms with Gasteiger partial charge in [0.2, 0.25) is 4.77 Å². The SMILES string of the molecule is O=C(NNc1ccc(NS(=O)(=O)c2cccc(-n3[nH]nnc3=S)c2)cc1)c1ccccc1CO. The van der Waals surface area contributed by atoms with Crippen LogP contribution in [0.1, 0.15) is 15.9 Å². The predicted molar refractivity (Wildman–Crippen MR) is 127 cm³/mol. The van der Waals surface area contributed by atoms with Crippen molar-refractivity contribution in [1.29, 1.82) is 0 Å². The van der Waals surface area contributed by atoms with Crippen molar-refractivity contribution < 1.29 is 18.3 Å². The van der Waals surface area contributed by atoms with Gasteiger partial charge < -0.3 is 5.11 Å². The third kappa shape index (κ3) is 5.11. The van der Waals surface area contributed by atoms with Gasteiger partial charge in [-0.05, 0) is 66.3 Å². The van der Waals surface area contributed by atoms with Crippen molar-refractivity contribution in [2.75, 3.05) is 10.1 Å². The number of aromatic amines is 1. The number of hydrazine groups is 1. The first-order valence-corrected chi connectivity index (χ1v) is 11.7. The number of anilines is 2. The first-order valence-electron chi connectivity index (χ1n) is 9.86. The van der Waals surface area contributed by atoms with Gasteiger partial charge in [0.15, 0.2) is 0 Å². The highest BCUT2D eigenvalue weighted by molar-refractivity contribution is 7.92. The first kappa shape index (κ1) is 23.1. The molecule has 0 saturated carbocycles. The van der Waals surface area contributed by atoms with Crippen LogP contribution in [-0.4, -0.2) is 39.6 Å². The summed E-state index contributed by atoms with van der Waals surface area (Å²) in [5.41, 5.74) is 7.47. The number of carbonyl (C=O) groups excluding carboxylic acids is 1. The Hall–Kier alpha value is -4.07. The number of H-pyrrole nitrogens is 1. The molecule has 1 aromatic heterocycles. The lowest BCUT2D eigenvalue weighted by atomic mass is 10.1. The normalized spacial score (nSPS) is 11.1. The molecule has 34 heavy (non-hydrogen) atoms. The number of aliphatic hydroxyl groups is 1. The number of aliphatic hydroxyl groups excluding tert-OH is 1. The van der Waals surface area contributed by atoms with E-state index in [0.717, 1.165) is 0 Å². The van der Waals surface area contributed by atoms with E-state index in [1.165, 1.54) is 16.8 Å². The zero-order valence-electron chi connectivity index (χ0n) is 17.5. The number of tetrazole rings is 1. The maximum atomic E-state index is 12.8. The van der Waals surface area contributed by atoms with E-state index >= 15 is 0 Å². The number of hydrogen-bond donors (Lipinski definition) is 5. The number of sulfonamides is 1. The fourth-order valence-corrected chi connectivity index (χ4v) is 4.35. The summed E-state index contributed by atoms with van der Waals surface area (Å²) >= 11 is 5.05. The number of nitrogens with zero attached hydrogens (tertiary/aromatic N) is 3. The first-order chi connectivity index (χ1) is 16.4. The van der Waals surface area contributed by atoms with Crippen LogP contribution < -0.4 is 15.6 Å². The van der Waals surface area contributed by atoms with Gasteiger partial charge in [-0.15, -0.1) is 0 Å². The van der Waals surface area contributed by atoms with Gasteiger partial charge >= 0.3 is 0 Å². The number of nitrogens with one attached hydrogen (secondary N) is 4. The number of hydrogen-bond acceptors (Lipinski definition) is 8. The maximum absolute atomic E-state index is 12.8. The Kier molecular flexibility index (Phi) is 6.67. The third-order valence-corrected chi connectivity index (χ3v) is 6.39.